The number of hydrogen-bond donors (Lipinski definition) is 4. The van der Waals surface area contributed by atoms with Gasteiger partial charge in [0.2, 0.25) is 17.7 Å². The minimum Gasteiger partial charge on any atom is -0.389 e. The van der Waals surface area contributed by atoms with E-state index in [0.29, 0.717) is 25.2 Å². The summed E-state index contributed by atoms with van der Waals surface area (Å²) in [5.41, 5.74) is 3.24. The molecule has 3 rings (SSSR count). The van der Waals surface area contributed by atoms with Crippen molar-refractivity contribution in [2.75, 3.05) is 33.7 Å². The van der Waals surface area contributed by atoms with Crippen LogP contribution in [0.2, 0.25) is 0 Å². The molecule has 1 fully saturated rings. The molecule has 11 heteroatoms. The second-order valence-electron chi connectivity index (χ2n) is 13.6. The van der Waals surface area contributed by atoms with E-state index in [2.05, 4.69) is 32.4 Å². The molecular formula is C39H55N5O5S. The lowest BCUT2D eigenvalue weighted by Crippen LogP contribution is -2.58. The fourth-order valence-corrected chi connectivity index (χ4v) is 7.00. The maximum absolute atomic E-state index is 14.3. The van der Waals surface area contributed by atoms with Crippen LogP contribution in [0.1, 0.15) is 69.5 Å². The molecule has 50 heavy (non-hydrogen) atoms. The highest BCUT2D eigenvalue weighted by atomic mass is 32.1. The molecule has 0 bridgehead atoms. The second kappa shape index (κ2) is 21.5. The Hall–Kier alpha value is -3.74. The highest BCUT2D eigenvalue weighted by Gasteiger charge is 2.37. The summed E-state index contributed by atoms with van der Waals surface area (Å²) in [7, 11) is 3.71. The predicted molar refractivity (Wildman–Crippen MR) is 198 cm³/mol. The van der Waals surface area contributed by atoms with E-state index in [1.807, 2.05) is 49.7 Å². The molecule has 1 aromatic carbocycles. The molecule has 4 unspecified atom stereocenters. The number of carbonyl (C=O) groups is 3. The minimum absolute atomic E-state index is 0.0600. The molecule has 6 atom stereocenters. The molecule has 1 aliphatic carbocycles. The number of nitrogens with one attached hydrogen (secondary N) is 2. The first kappa shape index (κ1) is 40.7. The highest BCUT2D eigenvalue weighted by Crippen LogP contribution is 2.29. The van der Waals surface area contributed by atoms with Crippen LogP contribution in [0.3, 0.4) is 0 Å². The van der Waals surface area contributed by atoms with Crippen molar-refractivity contribution in [2.45, 2.75) is 95.4 Å². The van der Waals surface area contributed by atoms with Crippen LogP contribution >= 0.6 is 11.3 Å². The molecular weight excluding hydrogens is 651 g/mol. The van der Waals surface area contributed by atoms with E-state index in [-0.39, 0.29) is 37.5 Å². The molecule has 0 spiro atoms. The molecule has 1 aliphatic rings. The maximum Gasteiger partial charge on any atom is 0.244 e. The van der Waals surface area contributed by atoms with Gasteiger partial charge >= 0.3 is 0 Å². The van der Waals surface area contributed by atoms with Gasteiger partial charge in [-0.3, -0.25) is 14.4 Å². The van der Waals surface area contributed by atoms with E-state index in [4.69, 9.17) is 12.8 Å². The fourth-order valence-electron chi connectivity index (χ4n) is 6.43. The summed E-state index contributed by atoms with van der Waals surface area (Å²) in [6, 6.07) is 7.43. The fraction of sp³-hybridized carbons (Fsp3) is 0.590. The summed E-state index contributed by atoms with van der Waals surface area (Å²) in [6.45, 7) is 4.10. The van der Waals surface area contributed by atoms with Gasteiger partial charge in [0.05, 0.1) is 35.2 Å². The standard InChI is InChI=1S/C39H55N5O5S/c1-6-15-34(45)37(47)33(23-29-18-13-10-14-19-29)41-39(49)36(30(7-2)24-32-26-50-27-40-32)42-38(48)31(22-28-16-11-9-12-17-28)25-35(46)44(5)21-20-43(4)8-3/h1-2,9,11-12,16-17,26-27,29-31,33-34,36-37,45,47H,8,10,13-15,18-25H2,3-5H3,(H,41,49)(H,42,48)/t30?,31?,33?,34?,36-,37+/m0/s1. The van der Waals surface area contributed by atoms with Gasteiger partial charge in [-0.1, -0.05) is 69.4 Å². The van der Waals surface area contributed by atoms with Gasteiger partial charge in [-0.15, -0.1) is 36.0 Å². The molecule has 0 saturated heterocycles. The Balaban J connectivity index is 1.91. The number of aromatic nitrogens is 1. The van der Waals surface area contributed by atoms with E-state index in [0.717, 1.165) is 44.2 Å². The third kappa shape index (κ3) is 13.2. The molecule has 10 nitrogen and oxygen atoms in total. The Labute approximate surface area is 302 Å². The van der Waals surface area contributed by atoms with Gasteiger partial charge in [0.25, 0.3) is 0 Å². The van der Waals surface area contributed by atoms with Crippen molar-refractivity contribution < 1.29 is 24.6 Å². The minimum atomic E-state index is -1.32. The Morgan fingerprint density at radius 1 is 1.02 bits per heavy atom. The molecule has 2 aromatic rings. The molecule has 0 aliphatic heterocycles. The van der Waals surface area contributed by atoms with Crippen molar-refractivity contribution in [1.29, 1.82) is 0 Å². The van der Waals surface area contributed by atoms with Crippen LogP contribution in [0, 0.1) is 42.4 Å². The number of nitrogens with zero attached hydrogens (tertiary/aromatic N) is 3. The van der Waals surface area contributed by atoms with Crippen molar-refractivity contribution in [3.63, 3.8) is 0 Å². The van der Waals surface area contributed by atoms with Gasteiger partial charge in [0.1, 0.15) is 12.1 Å². The highest BCUT2D eigenvalue weighted by molar-refractivity contribution is 7.07. The number of rotatable bonds is 20. The summed E-state index contributed by atoms with van der Waals surface area (Å²) >= 11 is 1.40. The van der Waals surface area contributed by atoms with Gasteiger partial charge in [0.15, 0.2) is 0 Å². The van der Waals surface area contributed by atoms with E-state index in [1.54, 1.807) is 17.5 Å². The van der Waals surface area contributed by atoms with Crippen LogP contribution < -0.4 is 10.6 Å². The van der Waals surface area contributed by atoms with Gasteiger partial charge in [-0.05, 0) is 37.9 Å². The average Bonchev–Trinajstić information content (AvgIpc) is 3.65. The smallest absolute Gasteiger partial charge is 0.244 e. The van der Waals surface area contributed by atoms with Crippen molar-refractivity contribution in [2.24, 2.45) is 17.8 Å². The lowest BCUT2D eigenvalue weighted by molar-refractivity contribution is -0.137. The van der Waals surface area contributed by atoms with Gasteiger partial charge < -0.3 is 30.6 Å². The van der Waals surface area contributed by atoms with Crippen molar-refractivity contribution in [3.8, 4) is 24.7 Å². The van der Waals surface area contributed by atoms with E-state index < -0.39 is 47.9 Å². The van der Waals surface area contributed by atoms with Crippen LogP contribution in [0.4, 0.5) is 0 Å². The van der Waals surface area contributed by atoms with E-state index in [1.165, 1.54) is 11.3 Å². The van der Waals surface area contributed by atoms with E-state index in [9.17, 15) is 24.6 Å². The predicted octanol–water partition coefficient (Wildman–Crippen LogP) is 3.28. The normalized spacial score (nSPS) is 17.0. The number of thiazole rings is 1. The zero-order valence-corrected chi connectivity index (χ0v) is 30.6. The maximum atomic E-state index is 14.3. The average molecular weight is 706 g/mol. The number of terminal acetylenes is 2. The number of benzene rings is 1. The monoisotopic (exact) mass is 705 g/mol. The molecule has 1 aromatic heterocycles. The first-order valence-corrected chi connectivity index (χ1v) is 18.7. The number of hydrogen-bond acceptors (Lipinski definition) is 8. The number of aliphatic hydroxyl groups excluding tert-OH is 2. The van der Waals surface area contributed by atoms with Crippen LogP contribution in [-0.4, -0.2) is 101 Å². The first-order valence-electron chi connectivity index (χ1n) is 17.8. The third-order valence-corrected chi connectivity index (χ3v) is 10.4. The summed E-state index contributed by atoms with van der Waals surface area (Å²) in [6.07, 6.45) is 14.9. The van der Waals surface area contributed by atoms with Crippen LogP contribution in [0.5, 0.6) is 0 Å². The zero-order valence-electron chi connectivity index (χ0n) is 29.8. The van der Waals surface area contributed by atoms with Gasteiger partial charge in [-0.25, -0.2) is 4.98 Å². The summed E-state index contributed by atoms with van der Waals surface area (Å²) in [5, 5.41) is 29.6. The number of amides is 3. The summed E-state index contributed by atoms with van der Waals surface area (Å²) in [5.74, 6) is 2.54. The SMILES string of the molecule is C#CCC(O)[C@H](O)C(CC1CCCCC1)NC(=O)[C@@H](NC(=O)C(CC(=O)N(C)CCN(C)CC)Cc1ccccc1)C(C#C)Cc1cscn1. The Kier molecular flexibility index (Phi) is 17.5. The molecule has 1 saturated carbocycles. The first-order chi connectivity index (χ1) is 24.1. The number of carbonyl (C=O) groups excluding carboxylic acids is 3. The number of aliphatic hydroxyl groups is 2. The zero-order chi connectivity index (χ0) is 36.5. The number of likely N-dealkylation sites (N-methyl/N-ethyl adjacent to an activating group) is 2. The molecule has 1 heterocycles. The van der Waals surface area contributed by atoms with Crippen molar-refractivity contribution in [1.82, 2.24) is 25.4 Å². The van der Waals surface area contributed by atoms with Crippen molar-refractivity contribution in [3.05, 3.63) is 52.5 Å². The lowest BCUT2D eigenvalue weighted by atomic mass is 9.82. The Morgan fingerprint density at radius 2 is 1.74 bits per heavy atom. The molecule has 3 amide bonds. The summed E-state index contributed by atoms with van der Waals surface area (Å²) in [4.78, 5) is 50.0. The molecule has 4 N–H and O–H groups in total. The summed E-state index contributed by atoms with van der Waals surface area (Å²) < 4.78 is 0. The lowest BCUT2D eigenvalue weighted by Gasteiger charge is -2.34. The Morgan fingerprint density at radius 3 is 2.36 bits per heavy atom. The largest absolute Gasteiger partial charge is 0.389 e. The molecule has 272 valence electrons. The van der Waals surface area contributed by atoms with Crippen LogP contribution in [0.25, 0.3) is 0 Å². The van der Waals surface area contributed by atoms with E-state index >= 15 is 0 Å². The third-order valence-electron chi connectivity index (χ3n) is 9.78. The van der Waals surface area contributed by atoms with Gasteiger partial charge in [-0.2, -0.15) is 0 Å². The van der Waals surface area contributed by atoms with Gasteiger partial charge in [0, 0.05) is 44.8 Å². The van der Waals surface area contributed by atoms with Crippen LogP contribution in [-0.2, 0) is 27.2 Å². The topological polar surface area (TPSA) is 135 Å². The Bertz CT molecular complexity index is 1400. The van der Waals surface area contributed by atoms with Crippen molar-refractivity contribution >= 4 is 29.1 Å². The second-order valence-corrected chi connectivity index (χ2v) is 14.3. The quantitative estimate of drug-likeness (QED) is 0.156. The van der Waals surface area contributed by atoms with Crippen LogP contribution in [0.15, 0.2) is 41.2 Å². The molecule has 0 radical (unpaired) electrons.